The van der Waals surface area contributed by atoms with E-state index in [4.69, 9.17) is 11.6 Å². The van der Waals surface area contributed by atoms with Crippen molar-refractivity contribution in [2.75, 3.05) is 13.1 Å². The number of hydrogen-bond acceptors (Lipinski definition) is 2. The number of carbonyl (C=O) groups excluding carboxylic acids is 2. The molecule has 2 aromatic rings. The summed E-state index contributed by atoms with van der Waals surface area (Å²) >= 11 is 5.85. The van der Waals surface area contributed by atoms with Crippen molar-refractivity contribution in [2.45, 2.75) is 20.3 Å². The van der Waals surface area contributed by atoms with E-state index in [1.807, 2.05) is 27.0 Å². The summed E-state index contributed by atoms with van der Waals surface area (Å²) in [5, 5.41) is 0.596. The Morgan fingerprint density at radius 3 is 2.22 bits per heavy atom. The van der Waals surface area contributed by atoms with Crippen LogP contribution in [0.4, 0.5) is 0 Å². The fourth-order valence-corrected chi connectivity index (χ4v) is 2.68. The summed E-state index contributed by atoms with van der Waals surface area (Å²) in [4.78, 5) is 26.6. The van der Waals surface area contributed by atoms with Crippen molar-refractivity contribution in [1.82, 2.24) is 9.47 Å². The Morgan fingerprint density at radius 2 is 1.65 bits per heavy atom. The molecule has 122 valence electrons. The zero-order valence-corrected chi connectivity index (χ0v) is 14.4. The Bertz CT molecular complexity index is 700. The van der Waals surface area contributed by atoms with Gasteiger partial charge >= 0.3 is 0 Å². The number of nitrogens with zero attached hydrogens (tertiary/aromatic N) is 2. The fraction of sp³-hybridized carbons (Fsp3) is 0.333. The van der Waals surface area contributed by atoms with E-state index in [1.165, 1.54) is 0 Å². The molecule has 0 N–H and O–H groups in total. The minimum absolute atomic E-state index is 0.0710. The molecule has 23 heavy (non-hydrogen) atoms. The predicted molar refractivity (Wildman–Crippen MR) is 91.9 cm³/mol. The minimum Gasteiger partial charge on any atom is -0.344 e. The number of hydrogen-bond donors (Lipinski definition) is 0. The average molecular weight is 333 g/mol. The number of amides is 1. The van der Waals surface area contributed by atoms with Crippen LogP contribution in [0.1, 0.15) is 35.6 Å². The Labute approximate surface area is 141 Å². The molecule has 5 heteroatoms. The normalized spacial score (nSPS) is 10.6. The summed E-state index contributed by atoms with van der Waals surface area (Å²) in [6.45, 7) is 5.30. The molecule has 0 saturated heterocycles. The van der Waals surface area contributed by atoms with Gasteiger partial charge < -0.3 is 9.47 Å². The second-order valence-electron chi connectivity index (χ2n) is 5.35. The van der Waals surface area contributed by atoms with Crippen molar-refractivity contribution in [3.63, 3.8) is 0 Å². The number of rotatable bonds is 6. The van der Waals surface area contributed by atoms with Crippen LogP contribution in [0.5, 0.6) is 0 Å². The quantitative estimate of drug-likeness (QED) is 0.761. The van der Waals surface area contributed by atoms with Crippen molar-refractivity contribution in [3.8, 4) is 0 Å². The lowest BCUT2D eigenvalue weighted by Crippen LogP contribution is -2.32. The maximum atomic E-state index is 12.6. The van der Waals surface area contributed by atoms with Gasteiger partial charge in [-0.3, -0.25) is 9.59 Å². The number of ketones is 1. The van der Waals surface area contributed by atoms with E-state index in [2.05, 4.69) is 0 Å². The summed E-state index contributed by atoms with van der Waals surface area (Å²) < 4.78 is 1.79. The molecular weight excluding hydrogens is 312 g/mol. The molecule has 2 rings (SSSR count). The Morgan fingerprint density at radius 1 is 1.04 bits per heavy atom. The zero-order chi connectivity index (χ0) is 17.0. The molecule has 1 aromatic carbocycles. The molecule has 0 atom stereocenters. The van der Waals surface area contributed by atoms with Crippen molar-refractivity contribution < 1.29 is 9.59 Å². The predicted octanol–water partition coefficient (Wildman–Crippen LogP) is 3.32. The first-order chi connectivity index (χ1) is 11.0. The van der Waals surface area contributed by atoms with Gasteiger partial charge in [-0.25, -0.2) is 0 Å². The van der Waals surface area contributed by atoms with Crippen molar-refractivity contribution in [2.24, 2.45) is 7.05 Å². The number of benzene rings is 1. The Balaban J connectivity index is 2.20. The third-order valence-corrected chi connectivity index (χ3v) is 4.27. The Hall–Kier alpha value is -2.07. The van der Waals surface area contributed by atoms with Crippen molar-refractivity contribution in [3.05, 3.63) is 58.4 Å². The molecule has 0 saturated carbocycles. The highest BCUT2D eigenvalue weighted by atomic mass is 35.5. The van der Waals surface area contributed by atoms with E-state index < -0.39 is 0 Å². The molecule has 0 unspecified atom stereocenters. The van der Waals surface area contributed by atoms with Gasteiger partial charge in [0.15, 0.2) is 0 Å². The van der Waals surface area contributed by atoms with Gasteiger partial charge in [0, 0.05) is 36.4 Å². The van der Waals surface area contributed by atoms with Crippen LogP contribution in [0, 0.1) is 0 Å². The molecule has 0 bridgehead atoms. The van der Waals surface area contributed by atoms with Crippen LogP contribution in [0.15, 0.2) is 36.4 Å². The first-order valence-corrected chi connectivity index (χ1v) is 8.08. The molecule has 4 nitrogen and oxygen atoms in total. The van der Waals surface area contributed by atoms with Gasteiger partial charge in [-0.05, 0) is 50.2 Å². The summed E-state index contributed by atoms with van der Waals surface area (Å²) in [5.41, 5.74) is 1.98. The standard InChI is InChI=1S/C18H21ClN2O2/c1-4-21(5-2)17(22)12-15-10-11-16(20(15)3)18(23)13-6-8-14(19)9-7-13/h6-11H,4-5,12H2,1-3H3. The van der Waals surface area contributed by atoms with Crippen LogP contribution < -0.4 is 0 Å². The molecule has 1 amide bonds. The molecule has 0 fully saturated rings. The zero-order valence-electron chi connectivity index (χ0n) is 13.7. The SMILES string of the molecule is CCN(CC)C(=O)Cc1ccc(C(=O)c2ccc(Cl)cc2)n1C. The molecule has 1 heterocycles. The van der Waals surface area contributed by atoms with E-state index in [0.29, 0.717) is 35.8 Å². The summed E-state index contributed by atoms with van der Waals surface area (Å²) in [6.07, 6.45) is 0.298. The maximum absolute atomic E-state index is 12.6. The van der Waals surface area contributed by atoms with Gasteiger partial charge in [0.1, 0.15) is 0 Å². The minimum atomic E-state index is -0.0781. The van der Waals surface area contributed by atoms with Crippen LogP contribution >= 0.6 is 11.6 Å². The largest absolute Gasteiger partial charge is 0.344 e. The number of aromatic nitrogens is 1. The second-order valence-corrected chi connectivity index (χ2v) is 5.78. The van der Waals surface area contributed by atoms with Crippen LogP contribution in [0.25, 0.3) is 0 Å². The number of halogens is 1. The molecule has 0 radical (unpaired) electrons. The maximum Gasteiger partial charge on any atom is 0.228 e. The van der Waals surface area contributed by atoms with Gasteiger partial charge in [0.2, 0.25) is 11.7 Å². The lowest BCUT2D eigenvalue weighted by Gasteiger charge is -2.18. The van der Waals surface area contributed by atoms with Gasteiger partial charge in [-0.1, -0.05) is 11.6 Å². The lowest BCUT2D eigenvalue weighted by atomic mass is 10.1. The van der Waals surface area contributed by atoms with Crippen molar-refractivity contribution >= 4 is 23.3 Å². The third kappa shape index (κ3) is 3.82. The number of carbonyl (C=O) groups is 2. The fourth-order valence-electron chi connectivity index (χ4n) is 2.55. The van der Waals surface area contributed by atoms with Crippen LogP contribution in [-0.2, 0) is 18.3 Å². The van der Waals surface area contributed by atoms with E-state index in [9.17, 15) is 9.59 Å². The first kappa shape index (κ1) is 17.3. The van der Waals surface area contributed by atoms with Gasteiger partial charge in [0.05, 0.1) is 12.1 Å². The van der Waals surface area contributed by atoms with E-state index in [1.54, 1.807) is 39.8 Å². The highest BCUT2D eigenvalue weighted by Gasteiger charge is 2.17. The van der Waals surface area contributed by atoms with Gasteiger partial charge in [-0.2, -0.15) is 0 Å². The monoisotopic (exact) mass is 332 g/mol. The Kier molecular flexibility index (Phi) is 5.61. The molecule has 0 aliphatic heterocycles. The average Bonchev–Trinajstić information content (AvgIpc) is 2.89. The molecule has 0 spiro atoms. The van der Waals surface area contributed by atoms with Crippen LogP contribution in [0.3, 0.4) is 0 Å². The van der Waals surface area contributed by atoms with E-state index in [0.717, 1.165) is 5.69 Å². The number of likely N-dealkylation sites (N-methyl/N-ethyl adjacent to an activating group) is 1. The molecule has 0 aliphatic carbocycles. The topological polar surface area (TPSA) is 42.3 Å². The van der Waals surface area contributed by atoms with Crippen LogP contribution in [0.2, 0.25) is 5.02 Å². The lowest BCUT2D eigenvalue weighted by molar-refractivity contribution is -0.130. The summed E-state index contributed by atoms with van der Waals surface area (Å²) in [5.74, 6) is -0.00704. The summed E-state index contributed by atoms with van der Waals surface area (Å²) in [7, 11) is 1.81. The van der Waals surface area contributed by atoms with Gasteiger partial charge in [-0.15, -0.1) is 0 Å². The highest BCUT2D eigenvalue weighted by Crippen LogP contribution is 2.16. The molecule has 1 aromatic heterocycles. The van der Waals surface area contributed by atoms with E-state index in [-0.39, 0.29) is 11.7 Å². The van der Waals surface area contributed by atoms with Crippen LogP contribution in [-0.4, -0.2) is 34.2 Å². The van der Waals surface area contributed by atoms with E-state index >= 15 is 0 Å². The summed E-state index contributed by atoms with van der Waals surface area (Å²) in [6, 6.07) is 10.4. The second kappa shape index (κ2) is 7.47. The molecule has 0 aliphatic rings. The van der Waals surface area contributed by atoms with Crippen molar-refractivity contribution in [1.29, 1.82) is 0 Å². The third-order valence-electron chi connectivity index (χ3n) is 4.01. The van der Waals surface area contributed by atoms with Gasteiger partial charge in [0.25, 0.3) is 0 Å². The highest BCUT2D eigenvalue weighted by molar-refractivity contribution is 6.30. The smallest absolute Gasteiger partial charge is 0.228 e. The first-order valence-electron chi connectivity index (χ1n) is 7.70. The molecular formula is C18H21ClN2O2.